The van der Waals surface area contributed by atoms with Crippen molar-refractivity contribution >= 4 is 5.82 Å². The van der Waals surface area contributed by atoms with Gasteiger partial charge in [-0.25, -0.2) is 0 Å². The molecule has 2 rings (SSSR count). The number of rotatable bonds is 2. The van der Waals surface area contributed by atoms with E-state index in [9.17, 15) is 0 Å². The van der Waals surface area contributed by atoms with Crippen LogP contribution in [0.5, 0.6) is 0 Å². The number of hydrogen-bond acceptors (Lipinski definition) is 4. The first-order valence-corrected chi connectivity index (χ1v) is 4.81. The first-order chi connectivity index (χ1) is 7.13. The summed E-state index contributed by atoms with van der Waals surface area (Å²) in [7, 11) is 3.66. The zero-order valence-electron chi connectivity index (χ0n) is 9.10. The van der Waals surface area contributed by atoms with Crippen LogP contribution in [0.25, 0.3) is 11.4 Å². The molecule has 0 unspecified atom stereocenters. The lowest BCUT2D eigenvalue weighted by atomic mass is 10.1. The Bertz CT molecular complexity index is 481. The molecule has 0 saturated carbocycles. The third-order valence-corrected chi connectivity index (χ3v) is 2.39. The zero-order valence-corrected chi connectivity index (χ0v) is 9.10. The fraction of sp³-hybridized carbons (Fsp3) is 0.444. The van der Waals surface area contributed by atoms with E-state index in [-0.39, 0.29) is 0 Å². The lowest BCUT2D eigenvalue weighted by molar-refractivity contribution is 0.715. The van der Waals surface area contributed by atoms with Gasteiger partial charge >= 0.3 is 0 Å². The molecule has 15 heavy (non-hydrogen) atoms. The van der Waals surface area contributed by atoms with Crippen LogP contribution < -0.4 is 5.73 Å². The number of aromatic nitrogens is 5. The molecule has 6 nitrogen and oxygen atoms in total. The lowest BCUT2D eigenvalue weighted by Crippen LogP contribution is -1.98. The normalized spacial score (nSPS) is 10.9. The lowest BCUT2D eigenvalue weighted by Gasteiger charge is -1.96. The summed E-state index contributed by atoms with van der Waals surface area (Å²) in [5.41, 5.74) is 8.52. The van der Waals surface area contributed by atoms with Gasteiger partial charge in [0, 0.05) is 19.7 Å². The van der Waals surface area contributed by atoms with E-state index in [1.54, 1.807) is 9.36 Å². The molecule has 80 valence electrons. The Balaban J connectivity index is 2.57. The van der Waals surface area contributed by atoms with Gasteiger partial charge in [0.15, 0.2) is 0 Å². The second kappa shape index (κ2) is 3.38. The molecule has 2 N–H and O–H groups in total. The first kappa shape index (κ1) is 9.70. The van der Waals surface area contributed by atoms with Crippen molar-refractivity contribution in [2.45, 2.75) is 13.3 Å². The Hall–Kier alpha value is -1.85. The van der Waals surface area contributed by atoms with Gasteiger partial charge in [0.25, 0.3) is 0 Å². The Morgan fingerprint density at radius 2 is 2.13 bits per heavy atom. The molecule has 0 fully saturated rings. The molecular formula is C9H14N6. The van der Waals surface area contributed by atoms with Crippen LogP contribution in [0.2, 0.25) is 0 Å². The SMILES string of the molecule is CCc1c(-c2cn(C)nn2)nn(C)c1N. The van der Waals surface area contributed by atoms with Crippen molar-refractivity contribution in [1.29, 1.82) is 0 Å². The molecule has 2 aromatic heterocycles. The summed E-state index contributed by atoms with van der Waals surface area (Å²) in [6.45, 7) is 2.05. The molecule has 6 heteroatoms. The van der Waals surface area contributed by atoms with E-state index in [0.717, 1.165) is 23.4 Å². The van der Waals surface area contributed by atoms with Gasteiger partial charge < -0.3 is 5.73 Å². The van der Waals surface area contributed by atoms with E-state index in [1.807, 2.05) is 27.2 Å². The maximum Gasteiger partial charge on any atom is 0.133 e. The summed E-state index contributed by atoms with van der Waals surface area (Å²) in [6.07, 6.45) is 2.67. The monoisotopic (exact) mass is 206 g/mol. The smallest absolute Gasteiger partial charge is 0.133 e. The van der Waals surface area contributed by atoms with Gasteiger partial charge in [-0.1, -0.05) is 12.1 Å². The second-order valence-electron chi connectivity index (χ2n) is 3.47. The van der Waals surface area contributed by atoms with Gasteiger partial charge in [-0.05, 0) is 6.42 Å². The van der Waals surface area contributed by atoms with Crippen LogP contribution >= 0.6 is 0 Å². The van der Waals surface area contributed by atoms with Gasteiger partial charge in [-0.15, -0.1) is 5.10 Å². The minimum Gasteiger partial charge on any atom is -0.384 e. The predicted molar refractivity (Wildman–Crippen MR) is 57.0 cm³/mol. The van der Waals surface area contributed by atoms with Gasteiger partial charge in [-0.2, -0.15) is 5.10 Å². The Labute approximate surface area is 87.7 Å². The summed E-state index contributed by atoms with van der Waals surface area (Å²) in [6, 6.07) is 0. The van der Waals surface area contributed by atoms with E-state index in [2.05, 4.69) is 15.4 Å². The number of nitrogens with two attached hydrogens (primary N) is 1. The average Bonchev–Trinajstić information content (AvgIpc) is 2.73. The van der Waals surface area contributed by atoms with Crippen LogP contribution in [-0.4, -0.2) is 24.8 Å². The van der Waals surface area contributed by atoms with Gasteiger partial charge in [0.05, 0.1) is 6.20 Å². The Kier molecular flexibility index (Phi) is 2.18. The number of nitrogens with zero attached hydrogens (tertiary/aromatic N) is 5. The predicted octanol–water partition coefficient (Wildman–Crippen LogP) is 0.360. The molecule has 0 amide bonds. The van der Waals surface area contributed by atoms with E-state index < -0.39 is 0 Å². The van der Waals surface area contributed by atoms with Crippen molar-refractivity contribution in [3.63, 3.8) is 0 Å². The molecule has 0 aliphatic heterocycles. The minimum absolute atomic E-state index is 0.693. The highest BCUT2D eigenvalue weighted by molar-refractivity contribution is 5.64. The van der Waals surface area contributed by atoms with Crippen molar-refractivity contribution in [1.82, 2.24) is 24.8 Å². The number of aryl methyl sites for hydroxylation is 2. The molecule has 0 spiro atoms. The van der Waals surface area contributed by atoms with Crippen molar-refractivity contribution in [3.05, 3.63) is 11.8 Å². The first-order valence-electron chi connectivity index (χ1n) is 4.81. The summed E-state index contributed by atoms with van der Waals surface area (Å²) in [5, 5.41) is 12.3. The molecule has 0 atom stereocenters. The molecule has 0 aromatic carbocycles. The van der Waals surface area contributed by atoms with Crippen LogP contribution in [0.3, 0.4) is 0 Å². The van der Waals surface area contributed by atoms with Crippen LogP contribution in [0.1, 0.15) is 12.5 Å². The van der Waals surface area contributed by atoms with Crippen molar-refractivity contribution in [3.8, 4) is 11.4 Å². The largest absolute Gasteiger partial charge is 0.384 e. The molecule has 2 aromatic rings. The van der Waals surface area contributed by atoms with E-state index in [0.29, 0.717) is 5.82 Å². The highest BCUT2D eigenvalue weighted by Crippen LogP contribution is 2.24. The van der Waals surface area contributed by atoms with E-state index in [4.69, 9.17) is 5.73 Å². The van der Waals surface area contributed by atoms with E-state index >= 15 is 0 Å². The third kappa shape index (κ3) is 1.47. The minimum atomic E-state index is 0.693. The second-order valence-corrected chi connectivity index (χ2v) is 3.47. The summed E-state index contributed by atoms with van der Waals surface area (Å²) in [5.74, 6) is 0.693. The fourth-order valence-corrected chi connectivity index (χ4v) is 1.59. The van der Waals surface area contributed by atoms with Gasteiger partial charge in [0.2, 0.25) is 0 Å². The van der Waals surface area contributed by atoms with E-state index in [1.165, 1.54) is 0 Å². The van der Waals surface area contributed by atoms with Crippen molar-refractivity contribution in [2.75, 3.05) is 5.73 Å². The van der Waals surface area contributed by atoms with Crippen LogP contribution in [0, 0.1) is 0 Å². The van der Waals surface area contributed by atoms with Crippen LogP contribution in [0.15, 0.2) is 6.20 Å². The number of hydrogen-bond donors (Lipinski definition) is 1. The zero-order chi connectivity index (χ0) is 11.0. The summed E-state index contributed by atoms with van der Waals surface area (Å²) >= 11 is 0. The topological polar surface area (TPSA) is 74.5 Å². The quantitative estimate of drug-likeness (QED) is 0.769. The van der Waals surface area contributed by atoms with Gasteiger partial charge in [0.1, 0.15) is 17.2 Å². The highest BCUT2D eigenvalue weighted by Gasteiger charge is 2.15. The molecule has 2 heterocycles. The highest BCUT2D eigenvalue weighted by atomic mass is 15.4. The molecule has 0 radical (unpaired) electrons. The molecule has 0 aliphatic carbocycles. The fourth-order valence-electron chi connectivity index (χ4n) is 1.59. The Morgan fingerprint density at radius 3 is 2.67 bits per heavy atom. The third-order valence-electron chi connectivity index (χ3n) is 2.39. The van der Waals surface area contributed by atoms with Gasteiger partial charge in [-0.3, -0.25) is 9.36 Å². The van der Waals surface area contributed by atoms with Crippen LogP contribution in [0.4, 0.5) is 5.82 Å². The summed E-state index contributed by atoms with van der Waals surface area (Å²) in [4.78, 5) is 0. The average molecular weight is 206 g/mol. The maximum atomic E-state index is 5.90. The molecule has 0 saturated heterocycles. The molecule has 0 bridgehead atoms. The number of anilines is 1. The standard InChI is InChI=1S/C9H14N6/c1-4-6-8(12-15(3)9(6)10)7-5-14(2)13-11-7/h5H,4,10H2,1-3H3. The number of nitrogen functional groups attached to an aromatic ring is 1. The van der Waals surface area contributed by atoms with Crippen molar-refractivity contribution in [2.24, 2.45) is 14.1 Å². The molecular weight excluding hydrogens is 192 g/mol. The maximum absolute atomic E-state index is 5.90. The summed E-state index contributed by atoms with van der Waals surface area (Å²) < 4.78 is 3.32. The Morgan fingerprint density at radius 1 is 1.40 bits per heavy atom. The van der Waals surface area contributed by atoms with Crippen molar-refractivity contribution < 1.29 is 0 Å². The molecule has 0 aliphatic rings. The van der Waals surface area contributed by atoms with Crippen LogP contribution in [-0.2, 0) is 20.5 Å².